The quantitative estimate of drug-likeness (QED) is 0.137. The second-order valence-corrected chi connectivity index (χ2v) is 19.0. The maximum atomic E-state index is 5.40. The van der Waals surface area contributed by atoms with Crippen LogP contribution < -0.4 is 0 Å². The molecule has 11 aromatic rings. The van der Waals surface area contributed by atoms with Crippen LogP contribution in [0.1, 0.15) is 41.6 Å². The molecule has 0 bridgehead atoms. The summed E-state index contributed by atoms with van der Waals surface area (Å²) >= 11 is 0. The first-order valence-corrected chi connectivity index (χ1v) is 25.3. The van der Waals surface area contributed by atoms with Gasteiger partial charge in [-0.15, -0.1) is 0 Å². The lowest BCUT2D eigenvalue weighted by atomic mass is 9.85. The first-order valence-electron chi connectivity index (χ1n) is 25.3. The van der Waals surface area contributed by atoms with Crippen molar-refractivity contribution >= 4 is 27.4 Å². The zero-order valence-electron chi connectivity index (χ0n) is 40.3. The second-order valence-electron chi connectivity index (χ2n) is 19.0. The molecule has 1 unspecified atom stereocenters. The van der Waals surface area contributed by atoms with Crippen LogP contribution in [0.5, 0.6) is 0 Å². The molecule has 346 valence electrons. The maximum Gasteiger partial charge on any atom is 0.163 e. The number of hydrogen-bond donors (Lipinski definition) is 0. The van der Waals surface area contributed by atoms with Crippen LogP contribution >= 0.6 is 0 Å². The van der Waals surface area contributed by atoms with Crippen LogP contribution in [0.3, 0.4) is 0 Å². The smallest absolute Gasteiger partial charge is 0.163 e. The van der Waals surface area contributed by atoms with E-state index in [1.165, 1.54) is 44.2 Å². The Morgan fingerprint density at radius 2 is 0.863 bits per heavy atom. The summed E-state index contributed by atoms with van der Waals surface area (Å²) in [6, 6.07) is 81.0. The molecular formula is C69H50N4. The molecule has 2 atom stereocenters. The number of aromatic nitrogens is 4. The van der Waals surface area contributed by atoms with E-state index in [-0.39, 0.29) is 11.8 Å². The summed E-state index contributed by atoms with van der Waals surface area (Å²) in [5, 5.41) is 2.38. The number of nitrogens with zero attached hydrogens (tertiary/aromatic N) is 4. The van der Waals surface area contributed by atoms with Crippen LogP contribution in [0.4, 0.5) is 0 Å². The van der Waals surface area contributed by atoms with Gasteiger partial charge in [0.25, 0.3) is 0 Å². The van der Waals surface area contributed by atoms with E-state index in [9.17, 15) is 0 Å². The molecule has 0 saturated carbocycles. The van der Waals surface area contributed by atoms with Crippen molar-refractivity contribution in [2.75, 3.05) is 0 Å². The molecule has 0 aliphatic heterocycles. The van der Waals surface area contributed by atoms with E-state index in [4.69, 9.17) is 15.0 Å². The lowest BCUT2D eigenvalue weighted by Gasteiger charge is -2.24. The van der Waals surface area contributed by atoms with Crippen molar-refractivity contribution in [2.45, 2.75) is 24.7 Å². The Morgan fingerprint density at radius 1 is 0.370 bits per heavy atom. The van der Waals surface area contributed by atoms with Crippen molar-refractivity contribution in [3.05, 3.63) is 284 Å². The average molecular weight is 935 g/mol. The lowest BCUT2D eigenvalue weighted by molar-refractivity contribution is 0.764. The highest BCUT2D eigenvalue weighted by Gasteiger charge is 2.26. The third-order valence-corrected chi connectivity index (χ3v) is 14.5. The van der Waals surface area contributed by atoms with Gasteiger partial charge in [0, 0.05) is 44.9 Å². The number of allylic oxidation sites excluding steroid dienone is 8. The highest BCUT2D eigenvalue weighted by atomic mass is 15.0. The molecule has 2 heterocycles. The summed E-state index contributed by atoms with van der Waals surface area (Å²) in [5.74, 6) is 2.36. The zero-order chi connectivity index (χ0) is 48.5. The van der Waals surface area contributed by atoms with Crippen LogP contribution in [0, 0.1) is 0 Å². The van der Waals surface area contributed by atoms with Gasteiger partial charge in [-0.25, -0.2) is 15.0 Å². The maximum absolute atomic E-state index is 5.40. The van der Waals surface area contributed by atoms with E-state index in [1.807, 2.05) is 18.2 Å². The number of fused-ring (bicyclic) bond motifs is 3. The largest absolute Gasteiger partial charge is 0.308 e. The van der Waals surface area contributed by atoms with E-state index >= 15 is 0 Å². The number of benzene rings is 9. The zero-order valence-corrected chi connectivity index (χ0v) is 40.3. The van der Waals surface area contributed by atoms with Crippen molar-refractivity contribution in [3.63, 3.8) is 0 Å². The van der Waals surface area contributed by atoms with Crippen molar-refractivity contribution < 1.29 is 0 Å². The van der Waals surface area contributed by atoms with Gasteiger partial charge in [0.2, 0.25) is 0 Å². The molecule has 13 rings (SSSR count). The fourth-order valence-electron chi connectivity index (χ4n) is 10.7. The Balaban J connectivity index is 1.11. The van der Waals surface area contributed by atoms with E-state index in [0.29, 0.717) is 11.6 Å². The minimum atomic E-state index is 0.0241. The highest BCUT2D eigenvalue weighted by molar-refractivity contribution is 6.13. The Morgan fingerprint density at radius 3 is 1.41 bits per heavy atom. The van der Waals surface area contributed by atoms with E-state index in [1.54, 1.807) is 0 Å². The molecule has 9 aromatic carbocycles. The molecule has 2 aromatic heterocycles. The SMILES string of the molecule is C1=CC[C@H](c2nc(-c3ccccc3)nc(-c3cc(C4=CCC(c5ccccc5)C=C4)c(-n4c5ccc(-c6ccccc6)cc5c5cc(-c6ccccc6)ccc54)c(-c4ccc(-c5ccccc5)cc4)c3)n2)C=C1. The second kappa shape index (κ2) is 19.2. The molecule has 4 heteroatoms. The van der Waals surface area contributed by atoms with Gasteiger partial charge in [-0.1, -0.05) is 231 Å². The van der Waals surface area contributed by atoms with Crippen molar-refractivity contribution in [2.24, 2.45) is 0 Å². The number of hydrogen-bond acceptors (Lipinski definition) is 3. The standard InChI is InChI=1S/C69H50N4/c1-7-19-47(20-8-1)51-31-35-53(36-32-51)60-45-59(69-71-67(55-27-15-5-16-28-55)70-68(72-69)56-29-17-6-18-30-56)46-61(54-37-33-52(34-38-54)48-21-9-2-10-22-48)66(60)73-64-41-39-57(49-23-11-3-12-24-49)43-62(64)63-44-58(40-42-65(63)73)50-25-13-4-14-26-50/h1-29,31-33,35-46,52,56H,30,34H2/t52?,56-/m1/s1. The minimum Gasteiger partial charge on any atom is -0.308 e. The molecular weight excluding hydrogens is 885 g/mol. The Hall–Kier alpha value is -9.25. The third-order valence-electron chi connectivity index (χ3n) is 14.5. The molecule has 0 saturated heterocycles. The Labute approximate surface area is 426 Å². The van der Waals surface area contributed by atoms with Gasteiger partial charge in [-0.05, 0) is 99.3 Å². The average Bonchev–Trinajstić information content (AvgIpc) is 3.80. The van der Waals surface area contributed by atoms with Crippen LogP contribution in [-0.4, -0.2) is 19.5 Å². The molecule has 0 spiro atoms. The molecule has 0 amide bonds. The van der Waals surface area contributed by atoms with Gasteiger partial charge < -0.3 is 4.57 Å². The van der Waals surface area contributed by atoms with Crippen molar-refractivity contribution in [1.29, 1.82) is 0 Å². The monoisotopic (exact) mass is 934 g/mol. The topological polar surface area (TPSA) is 43.6 Å². The van der Waals surface area contributed by atoms with Gasteiger partial charge in [0.1, 0.15) is 5.82 Å². The summed E-state index contributed by atoms with van der Waals surface area (Å²) in [6.07, 6.45) is 17.5. The van der Waals surface area contributed by atoms with Gasteiger partial charge in [0.15, 0.2) is 11.6 Å². The summed E-state index contributed by atoms with van der Waals surface area (Å²) in [6.45, 7) is 0. The highest BCUT2D eigenvalue weighted by Crippen LogP contribution is 2.46. The fraction of sp³-hybridized carbons (Fsp3) is 0.0580. The first-order chi connectivity index (χ1) is 36.2. The van der Waals surface area contributed by atoms with Crippen LogP contribution in [-0.2, 0) is 0 Å². The van der Waals surface area contributed by atoms with Gasteiger partial charge in [-0.2, -0.15) is 0 Å². The van der Waals surface area contributed by atoms with Crippen molar-refractivity contribution in [1.82, 2.24) is 19.5 Å². The molecule has 4 nitrogen and oxygen atoms in total. The summed E-state index contributed by atoms with van der Waals surface area (Å²) < 4.78 is 2.53. The third kappa shape index (κ3) is 8.53. The van der Waals surface area contributed by atoms with E-state index in [2.05, 4.69) is 253 Å². The Kier molecular flexibility index (Phi) is 11.5. The normalized spacial score (nSPS) is 15.2. The van der Waals surface area contributed by atoms with Gasteiger partial charge >= 0.3 is 0 Å². The van der Waals surface area contributed by atoms with Crippen molar-refractivity contribution in [3.8, 4) is 73.0 Å². The molecule has 2 aliphatic rings. The molecule has 2 aliphatic carbocycles. The Bertz CT molecular complexity index is 3830. The van der Waals surface area contributed by atoms with Gasteiger partial charge in [0.05, 0.1) is 16.7 Å². The fourth-order valence-corrected chi connectivity index (χ4v) is 10.7. The van der Waals surface area contributed by atoms with E-state index in [0.717, 1.165) is 74.3 Å². The summed E-state index contributed by atoms with van der Waals surface area (Å²) in [5.41, 5.74) is 18.0. The summed E-state index contributed by atoms with van der Waals surface area (Å²) in [7, 11) is 0. The molecule has 0 fully saturated rings. The molecule has 73 heavy (non-hydrogen) atoms. The first kappa shape index (κ1) is 43.7. The predicted molar refractivity (Wildman–Crippen MR) is 303 cm³/mol. The van der Waals surface area contributed by atoms with Gasteiger partial charge in [-0.3, -0.25) is 0 Å². The molecule has 0 N–H and O–H groups in total. The van der Waals surface area contributed by atoms with Crippen LogP contribution in [0.25, 0.3) is 100 Å². The predicted octanol–water partition coefficient (Wildman–Crippen LogP) is 17.7. The lowest BCUT2D eigenvalue weighted by Crippen LogP contribution is -2.09. The van der Waals surface area contributed by atoms with Crippen LogP contribution in [0.15, 0.2) is 267 Å². The molecule has 0 radical (unpaired) electrons. The number of rotatable bonds is 10. The van der Waals surface area contributed by atoms with E-state index < -0.39 is 0 Å². The minimum absolute atomic E-state index is 0.0241. The summed E-state index contributed by atoms with van der Waals surface area (Å²) in [4.78, 5) is 15.9. The van der Waals surface area contributed by atoms with Crippen LogP contribution in [0.2, 0.25) is 0 Å².